The van der Waals surface area contributed by atoms with Gasteiger partial charge in [-0.05, 0) is 30.3 Å². The lowest BCUT2D eigenvalue weighted by Crippen LogP contribution is -2.12. The van der Waals surface area contributed by atoms with Crippen LogP contribution in [0, 0.1) is 5.82 Å². The molecule has 1 aliphatic rings. The molecule has 0 fully saturated rings. The van der Waals surface area contributed by atoms with Gasteiger partial charge in [0.2, 0.25) is 0 Å². The first kappa shape index (κ1) is 14.5. The Morgan fingerprint density at radius 1 is 1.29 bits per heavy atom. The first-order valence-corrected chi connectivity index (χ1v) is 7.69. The van der Waals surface area contributed by atoms with Crippen molar-refractivity contribution in [3.05, 3.63) is 52.3 Å². The number of anilines is 1. The number of hydrogen-bond donors (Lipinski definition) is 1. The normalized spacial score (nSPS) is 13.6. The van der Waals surface area contributed by atoms with E-state index < -0.39 is 0 Å². The lowest BCUT2D eigenvalue weighted by Gasteiger charge is -2.21. The number of rotatable bonds is 3. The average Bonchev–Trinajstić information content (AvgIpc) is 2.46. The van der Waals surface area contributed by atoms with Gasteiger partial charge in [-0.15, -0.1) is 11.8 Å². The van der Waals surface area contributed by atoms with E-state index in [1.54, 1.807) is 6.07 Å². The highest BCUT2D eigenvalue weighted by Gasteiger charge is 2.16. The molecule has 0 unspecified atom stereocenters. The monoisotopic (exact) mass is 325 g/mol. The molecule has 0 radical (unpaired) electrons. The van der Waals surface area contributed by atoms with E-state index in [2.05, 4.69) is 0 Å². The van der Waals surface area contributed by atoms with Crippen molar-refractivity contribution in [2.45, 2.75) is 17.3 Å². The Bertz CT molecular complexity index is 681. The van der Waals surface area contributed by atoms with Gasteiger partial charge < -0.3 is 15.2 Å². The molecule has 0 amide bonds. The Kier molecular flexibility index (Phi) is 4.24. The van der Waals surface area contributed by atoms with Crippen molar-refractivity contribution < 1.29 is 13.9 Å². The predicted octanol–water partition coefficient (Wildman–Crippen LogP) is 4.22. The summed E-state index contributed by atoms with van der Waals surface area (Å²) in [4.78, 5) is 0.831. The molecule has 3 rings (SSSR count). The molecule has 110 valence electrons. The van der Waals surface area contributed by atoms with E-state index in [0.29, 0.717) is 23.1 Å². The number of benzene rings is 2. The first-order valence-electron chi connectivity index (χ1n) is 6.33. The van der Waals surface area contributed by atoms with Crippen molar-refractivity contribution >= 4 is 29.1 Å². The molecule has 2 aromatic carbocycles. The molecular weight excluding hydrogens is 313 g/mol. The van der Waals surface area contributed by atoms with Crippen LogP contribution in [0.4, 0.5) is 10.1 Å². The summed E-state index contributed by atoms with van der Waals surface area (Å²) in [7, 11) is 0. The van der Waals surface area contributed by atoms with Gasteiger partial charge in [0.1, 0.15) is 11.6 Å². The molecule has 0 spiro atoms. The van der Waals surface area contributed by atoms with Gasteiger partial charge in [-0.25, -0.2) is 4.39 Å². The zero-order valence-electron chi connectivity index (χ0n) is 11.1. The third-order valence-corrected chi connectivity index (χ3v) is 4.46. The van der Waals surface area contributed by atoms with Gasteiger partial charge in [0.15, 0.2) is 6.79 Å². The van der Waals surface area contributed by atoms with Crippen LogP contribution in [0.5, 0.6) is 5.75 Å². The van der Waals surface area contributed by atoms with E-state index in [0.717, 1.165) is 21.8 Å². The van der Waals surface area contributed by atoms with E-state index in [1.807, 2.05) is 12.1 Å². The Morgan fingerprint density at radius 2 is 2.14 bits per heavy atom. The number of ether oxygens (including phenoxy) is 2. The minimum atomic E-state index is -0.336. The number of hydrogen-bond acceptors (Lipinski definition) is 4. The molecule has 21 heavy (non-hydrogen) atoms. The van der Waals surface area contributed by atoms with Crippen LogP contribution < -0.4 is 10.5 Å². The van der Waals surface area contributed by atoms with Gasteiger partial charge in [-0.2, -0.15) is 0 Å². The molecule has 3 nitrogen and oxygen atoms in total. The van der Waals surface area contributed by atoms with Gasteiger partial charge in [0.25, 0.3) is 0 Å². The molecule has 0 aliphatic carbocycles. The van der Waals surface area contributed by atoms with Gasteiger partial charge in [0.05, 0.1) is 6.61 Å². The van der Waals surface area contributed by atoms with Crippen LogP contribution in [0.15, 0.2) is 35.2 Å². The molecule has 6 heteroatoms. The second-order valence-corrected chi connectivity index (χ2v) is 6.09. The van der Waals surface area contributed by atoms with E-state index in [-0.39, 0.29) is 12.6 Å². The third kappa shape index (κ3) is 3.26. The maximum atomic E-state index is 13.0. The molecule has 1 heterocycles. The Hall–Kier alpha value is -1.43. The molecule has 0 atom stereocenters. The van der Waals surface area contributed by atoms with Gasteiger partial charge in [-0.3, -0.25) is 0 Å². The second-order valence-electron chi connectivity index (χ2n) is 4.63. The highest BCUT2D eigenvalue weighted by atomic mass is 35.5. The minimum Gasteiger partial charge on any atom is -0.467 e. The molecule has 0 bridgehead atoms. The van der Waals surface area contributed by atoms with Crippen molar-refractivity contribution in [1.82, 2.24) is 0 Å². The highest BCUT2D eigenvalue weighted by molar-refractivity contribution is 7.98. The maximum absolute atomic E-state index is 13.0. The minimum absolute atomic E-state index is 0.241. The summed E-state index contributed by atoms with van der Waals surface area (Å²) in [5, 5.41) is 0.644. The van der Waals surface area contributed by atoms with Gasteiger partial charge in [0, 0.05) is 32.5 Å². The lowest BCUT2D eigenvalue weighted by molar-refractivity contribution is -0.0168. The molecule has 1 aliphatic heterocycles. The summed E-state index contributed by atoms with van der Waals surface area (Å²) in [5.41, 5.74) is 8.17. The number of fused-ring (bicyclic) bond motifs is 1. The zero-order valence-corrected chi connectivity index (χ0v) is 12.6. The predicted molar refractivity (Wildman–Crippen MR) is 82.1 cm³/mol. The number of nitrogens with two attached hydrogens (primary N) is 1. The fraction of sp³-hybridized carbons (Fsp3) is 0.200. The van der Waals surface area contributed by atoms with Gasteiger partial charge in [-0.1, -0.05) is 11.6 Å². The largest absolute Gasteiger partial charge is 0.467 e. The van der Waals surface area contributed by atoms with E-state index in [1.165, 1.54) is 23.9 Å². The number of halogens is 2. The molecule has 2 aromatic rings. The summed E-state index contributed by atoms with van der Waals surface area (Å²) in [6.45, 7) is 0.733. The maximum Gasteiger partial charge on any atom is 0.189 e. The van der Waals surface area contributed by atoms with Crippen LogP contribution in [-0.4, -0.2) is 6.79 Å². The summed E-state index contributed by atoms with van der Waals surface area (Å²) in [6, 6.07) is 8.11. The zero-order chi connectivity index (χ0) is 14.8. The van der Waals surface area contributed by atoms with Crippen molar-refractivity contribution in [3.63, 3.8) is 0 Å². The van der Waals surface area contributed by atoms with Crippen LogP contribution >= 0.6 is 23.4 Å². The Morgan fingerprint density at radius 3 is 2.95 bits per heavy atom. The van der Waals surface area contributed by atoms with Crippen LogP contribution in [0.3, 0.4) is 0 Å². The highest BCUT2D eigenvalue weighted by Crippen LogP contribution is 2.36. The summed E-state index contributed by atoms with van der Waals surface area (Å²) in [5.74, 6) is 1.12. The summed E-state index contributed by atoms with van der Waals surface area (Å²) >= 11 is 7.64. The molecular formula is C15H13ClFNO2S. The molecule has 0 saturated heterocycles. The standard InChI is InChI=1S/C15H13ClFNO2S/c16-11-3-9-6-19-8-20-15(9)10(4-11)7-21-14-2-1-12(17)5-13(14)18/h1-5H,6-8,18H2. The second kappa shape index (κ2) is 6.13. The van der Waals surface area contributed by atoms with E-state index >= 15 is 0 Å². The Labute approximate surface area is 131 Å². The summed E-state index contributed by atoms with van der Waals surface area (Å²) < 4.78 is 23.9. The fourth-order valence-corrected chi connectivity index (χ4v) is 3.35. The van der Waals surface area contributed by atoms with E-state index in [4.69, 9.17) is 26.8 Å². The first-order chi connectivity index (χ1) is 10.1. The smallest absolute Gasteiger partial charge is 0.189 e. The molecule has 0 aromatic heterocycles. The average molecular weight is 326 g/mol. The summed E-state index contributed by atoms with van der Waals surface area (Å²) in [6.07, 6.45) is 0. The molecule has 2 N–H and O–H groups in total. The van der Waals surface area contributed by atoms with Crippen LogP contribution in [0.1, 0.15) is 11.1 Å². The molecule has 0 saturated carbocycles. The fourth-order valence-electron chi connectivity index (χ4n) is 2.17. The van der Waals surface area contributed by atoms with Crippen LogP contribution in [0.2, 0.25) is 5.02 Å². The van der Waals surface area contributed by atoms with E-state index in [9.17, 15) is 4.39 Å². The number of thioether (sulfide) groups is 1. The van der Waals surface area contributed by atoms with Crippen molar-refractivity contribution in [1.29, 1.82) is 0 Å². The van der Waals surface area contributed by atoms with Crippen molar-refractivity contribution in [2.75, 3.05) is 12.5 Å². The van der Waals surface area contributed by atoms with Crippen LogP contribution in [-0.2, 0) is 17.1 Å². The van der Waals surface area contributed by atoms with Crippen LogP contribution in [0.25, 0.3) is 0 Å². The SMILES string of the molecule is Nc1cc(F)ccc1SCc1cc(Cl)cc2c1OCOC2. The van der Waals surface area contributed by atoms with Gasteiger partial charge >= 0.3 is 0 Å². The quantitative estimate of drug-likeness (QED) is 0.678. The van der Waals surface area contributed by atoms with Crippen molar-refractivity contribution in [3.8, 4) is 5.75 Å². The lowest BCUT2D eigenvalue weighted by atomic mass is 10.1. The third-order valence-electron chi connectivity index (χ3n) is 3.11. The number of nitrogen functional groups attached to an aromatic ring is 1. The Balaban J connectivity index is 1.83. The topological polar surface area (TPSA) is 44.5 Å². The van der Waals surface area contributed by atoms with Crippen molar-refractivity contribution in [2.24, 2.45) is 0 Å².